The molecule has 0 saturated heterocycles. The summed E-state index contributed by atoms with van der Waals surface area (Å²) < 4.78 is 0. The number of fused-ring (bicyclic) bond motifs is 2. The molecule has 3 fully saturated rings. The molecule has 4 rings (SSSR count). The highest BCUT2D eigenvalue weighted by Gasteiger charge is 2.68. The third-order valence-electron chi connectivity index (χ3n) is 8.31. The van der Waals surface area contributed by atoms with E-state index < -0.39 is 0 Å². The average Bonchev–Trinajstić information content (AvgIpc) is 2.91. The summed E-state index contributed by atoms with van der Waals surface area (Å²) in [5, 5.41) is 0. The van der Waals surface area contributed by atoms with E-state index in [1.807, 2.05) is 5.57 Å². The molecule has 0 aromatic heterocycles. The molecule has 0 unspecified atom stereocenters. The van der Waals surface area contributed by atoms with Gasteiger partial charge in [-0.05, 0) is 85.9 Å². The summed E-state index contributed by atoms with van der Waals surface area (Å²) in [6.07, 6.45) is 10.3. The second-order valence-electron chi connectivity index (χ2n) is 9.68. The number of hydrogen-bond acceptors (Lipinski definition) is 0. The van der Waals surface area contributed by atoms with Crippen LogP contribution in [0.15, 0.2) is 11.1 Å². The molecule has 0 aliphatic heterocycles. The van der Waals surface area contributed by atoms with Gasteiger partial charge in [-0.3, -0.25) is 0 Å². The Hall–Kier alpha value is -0.260. The second-order valence-corrected chi connectivity index (χ2v) is 9.68. The zero-order chi connectivity index (χ0) is 14.3. The van der Waals surface area contributed by atoms with Gasteiger partial charge in [-0.2, -0.15) is 0 Å². The fourth-order valence-electron chi connectivity index (χ4n) is 7.76. The maximum absolute atomic E-state index is 2.65. The van der Waals surface area contributed by atoms with Crippen molar-refractivity contribution >= 4 is 0 Å². The fraction of sp³-hybridized carbons (Fsp3) is 0.900. The SMILES string of the molecule is CC1=C2CC[C@H](C)[C@]23C[C@@]2(C)CCC(C)(C)[C@H]2[C@@H]3CC1. The van der Waals surface area contributed by atoms with Crippen molar-refractivity contribution in [3.63, 3.8) is 0 Å². The van der Waals surface area contributed by atoms with E-state index in [4.69, 9.17) is 0 Å². The average molecular weight is 272 g/mol. The van der Waals surface area contributed by atoms with E-state index in [1.54, 1.807) is 5.57 Å². The highest BCUT2D eigenvalue weighted by atomic mass is 14.7. The van der Waals surface area contributed by atoms with Crippen LogP contribution in [-0.2, 0) is 0 Å². The predicted octanol–water partition coefficient (Wildman–Crippen LogP) is 5.98. The Balaban J connectivity index is 1.88. The Labute approximate surface area is 125 Å². The molecule has 0 amide bonds. The molecule has 112 valence electrons. The van der Waals surface area contributed by atoms with Crippen LogP contribution in [0.3, 0.4) is 0 Å². The summed E-state index contributed by atoms with van der Waals surface area (Å²) >= 11 is 0. The first-order valence-electron chi connectivity index (χ1n) is 9.00. The first-order valence-corrected chi connectivity index (χ1v) is 9.00. The second kappa shape index (κ2) is 3.73. The number of hydrogen-bond donors (Lipinski definition) is 0. The molecule has 4 aliphatic rings. The van der Waals surface area contributed by atoms with Crippen LogP contribution < -0.4 is 0 Å². The lowest BCUT2D eigenvalue weighted by Crippen LogP contribution is -2.39. The largest absolute Gasteiger partial charge is 0.0735 e. The smallest absolute Gasteiger partial charge is 0.00231 e. The van der Waals surface area contributed by atoms with Crippen molar-refractivity contribution in [3.05, 3.63) is 11.1 Å². The molecule has 4 aliphatic carbocycles. The quantitative estimate of drug-likeness (QED) is 0.476. The van der Waals surface area contributed by atoms with Crippen LogP contribution in [0.1, 0.15) is 79.6 Å². The Morgan fingerprint density at radius 1 is 1.00 bits per heavy atom. The molecule has 0 N–H and O–H groups in total. The summed E-state index contributed by atoms with van der Waals surface area (Å²) in [6, 6.07) is 0. The van der Waals surface area contributed by atoms with Gasteiger partial charge in [0, 0.05) is 0 Å². The maximum Gasteiger partial charge on any atom is -0.00231 e. The number of allylic oxidation sites excluding steroid dienone is 2. The monoisotopic (exact) mass is 272 g/mol. The van der Waals surface area contributed by atoms with Crippen LogP contribution in [0.4, 0.5) is 0 Å². The van der Waals surface area contributed by atoms with Gasteiger partial charge in [0.2, 0.25) is 0 Å². The van der Waals surface area contributed by atoms with E-state index >= 15 is 0 Å². The van der Waals surface area contributed by atoms with E-state index in [2.05, 4.69) is 34.6 Å². The molecule has 0 heterocycles. The molecule has 0 aromatic carbocycles. The third kappa shape index (κ3) is 1.35. The van der Waals surface area contributed by atoms with Gasteiger partial charge < -0.3 is 0 Å². The molecule has 3 saturated carbocycles. The highest BCUT2D eigenvalue weighted by Crippen LogP contribution is 2.77. The molecule has 0 aromatic rings. The van der Waals surface area contributed by atoms with E-state index in [0.717, 1.165) is 17.8 Å². The molecule has 1 spiro atoms. The van der Waals surface area contributed by atoms with Gasteiger partial charge in [0.05, 0.1) is 0 Å². The minimum atomic E-state index is 0.585. The molecular weight excluding hydrogens is 240 g/mol. The summed E-state index contributed by atoms with van der Waals surface area (Å²) in [4.78, 5) is 0. The van der Waals surface area contributed by atoms with Crippen molar-refractivity contribution in [2.45, 2.75) is 79.6 Å². The molecule has 0 nitrogen and oxygen atoms in total. The minimum Gasteiger partial charge on any atom is -0.0735 e. The Morgan fingerprint density at radius 3 is 2.50 bits per heavy atom. The highest BCUT2D eigenvalue weighted by molar-refractivity contribution is 5.35. The maximum atomic E-state index is 2.65. The normalized spacial score (nSPS) is 53.0. The first-order chi connectivity index (χ1) is 9.31. The Kier molecular flexibility index (Phi) is 2.50. The summed E-state index contributed by atoms with van der Waals surface area (Å²) in [7, 11) is 0. The van der Waals surface area contributed by atoms with Crippen molar-refractivity contribution in [1.82, 2.24) is 0 Å². The fourth-order valence-corrected chi connectivity index (χ4v) is 7.76. The van der Waals surface area contributed by atoms with Crippen molar-refractivity contribution in [1.29, 1.82) is 0 Å². The van der Waals surface area contributed by atoms with E-state index in [1.165, 1.54) is 44.9 Å². The summed E-state index contributed by atoms with van der Waals surface area (Å²) in [6.45, 7) is 12.8. The van der Waals surface area contributed by atoms with E-state index in [0.29, 0.717) is 16.2 Å². The Bertz CT molecular complexity index is 482. The predicted molar refractivity (Wildman–Crippen MR) is 85.5 cm³/mol. The first kappa shape index (κ1) is 13.4. The van der Waals surface area contributed by atoms with Gasteiger partial charge in [-0.15, -0.1) is 0 Å². The standard InChI is InChI=1S/C20H32/c1-13-6-8-16-17-18(3,4)10-11-19(17,5)12-20(16)14(2)7-9-15(13)20/h14,16-17H,6-12H2,1-5H3/t14-,16-,17+,19+,20+/m0/s1. The van der Waals surface area contributed by atoms with Crippen molar-refractivity contribution in [2.24, 2.45) is 34.0 Å². The van der Waals surface area contributed by atoms with Gasteiger partial charge in [0.1, 0.15) is 0 Å². The van der Waals surface area contributed by atoms with Crippen molar-refractivity contribution < 1.29 is 0 Å². The lowest BCUT2D eigenvalue weighted by Gasteiger charge is -2.46. The third-order valence-corrected chi connectivity index (χ3v) is 8.31. The number of rotatable bonds is 0. The molecule has 0 bridgehead atoms. The van der Waals surface area contributed by atoms with Crippen LogP contribution in [0.5, 0.6) is 0 Å². The zero-order valence-corrected chi connectivity index (χ0v) is 14.2. The van der Waals surface area contributed by atoms with Crippen molar-refractivity contribution in [3.8, 4) is 0 Å². The lowest BCUT2D eigenvalue weighted by atomic mass is 9.58. The summed E-state index contributed by atoms with van der Waals surface area (Å²) in [5.74, 6) is 2.93. The van der Waals surface area contributed by atoms with Crippen LogP contribution in [-0.4, -0.2) is 0 Å². The van der Waals surface area contributed by atoms with Crippen LogP contribution in [0.2, 0.25) is 0 Å². The molecule has 0 heteroatoms. The summed E-state index contributed by atoms with van der Waals surface area (Å²) in [5.41, 5.74) is 5.57. The lowest BCUT2D eigenvalue weighted by molar-refractivity contribution is 0.0791. The van der Waals surface area contributed by atoms with E-state index in [9.17, 15) is 0 Å². The molecule has 5 atom stereocenters. The van der Waals surface area contributed by atoms with Crippen molar-refractivity contribution in [2.75, 3.05) is 0 Å². The Morgan fingerprint density at radius 2 is 1.75 bits per heavy atom. The van der Waals surface area contributed by atoms with Gasteiger partial charge in [0.25, 0.3) is 0 Å². The van der Waals surface area contributed by atoms with Crippen LogP contribution >= 0.6 is 0 Å². The van der Waals surface area contributed by atoms with Gasteiger partial charge in [-0.25, -0.2) is 0 Å². The zero-order valence-electron chi connectivity index (χ0n) is 14.2. The van der Waals surface area contributed by atoms with Crippen LogP contribution in [0, 0.1) is 34.0 Å². The molecule has 20 heavy (non-hydrogen) atoms. The van der Waals surface area contributed by atoms with Gasteiger partial charge in [-0.1, -0.05) is 38.8 Å². The van der Waals surface area contributed by atoms with Gasteiger partial charge >= 0.3 is 0 Å². The molecule has 0 radical (unpaired) electrons. The van der Waals surface area contributed by atoms with E-state index in [-0.39, 0.29) is 0 Å². The van der Waals surface area contributed by atoms with Crippen LogP contribution in [0.25, 0.3) is 0 Å². The minimum absolute atomic E-state index is 0.585. The topological polar surface area (TPSA) is 0 Å². The van der Waals surface area contributed by atoms with Gasteiger partial charge in [0.15, 0.2) is 0 Å². The molecular formula is C20H32.